The summed E-state index contributed by atoms with van der Waals surface area (Å²) in [4.78, 5) is 6.51. The van der Waals surface area contributed by atoms with Gasteiger partial charge >= 0.3 is 0 Å². The summed E-state index contributed by atoms with van der Waals surface area (Å²) in [6, 6.07) is 62.4. The smallest absolute Gasteiger partial charge is 0.171 e. The number of hydrogen-bond acceptors (Lipinski definition) is 3. The molecule has 7 aromatic carbocycles. The molecular weight excluding hydrogens is 634 g/mol. The second kappa shape index (κ2) is 12.1. The topological polar surface area (TPSA) is 30.0 Å². The summed E-state index contributed by atoms with van der Waals surface area (Å²) < 4.78 is 16.4. The van der Waals surface area contributed by atoms with Crippen LogP contribution in [-0.4, -0.2) is 4.98 Å². The van der Waals surface area contributed by atoms with Crippen LogP contribution in [0.1, 0.15) is 0 Å². The Balaban J connectivity index is 1.33. The minimum Gasteiger partial charge on any atom is -0.309 e. The van der Waals surface area contributed by atoms with Crippen molar-refractivity contribution in [2.45, 2.75) is 0 Å². The van der Waals surface area contributed by atoms with Gasteiger partial charge in [-0.3, -0.25) is 0 Å². The second-order valence-electron chi connectivity index (χ2n) is 12.2. The summed E-state index contributed by atoms with van der Waals surface area (Å²) in [6.07, 6.45) is 0. The molecule has 0 N–H and O–H groups in total. The van der Waals surface area contributed by atoms with E-state index >= 15 is 4.57 Å². The van der Waals surface area contributed by atoms with Gasteiger partial charge in [0.25, 0.3) is 0 Å². The lowest BCUT2D eigenvalue weighted by atomic mass is 9.94. The lowest BCUT2D eigenvalue weighted by Gasteiger charge is -2.20. The second-order valence-corrected chi connectivity index (χ2v) is 16.0. The number of rotatable bonds is 6. The van der Waals surface area contributed by atoms with Crippen LogP contribution in [0.25, 0.3) is 64.6 Å². The van der Waals surface area contributed by atoms with Gasteiger partial charge < -0.3 is 4.57 Å². The molecule has 0 unspecified atom stereocenters. The number of benzene rings is 7. The zero-order valence-electron chi connectivity index (χ0n) is 26.5. The maximum absolute atomic E-state index is 15.2. The van der Waals surface area contributed by atoms with Crippen LogP contribution in [0.15, 0.2) is 182 Å². The third-order valence-corrected chi connectivity index (χ3v) is 13.7. The normalized spacial score (nSPS) is 11.8. The summed E-state index contributed by atoms with van der Waals surface area (Å²) in [5.41, 5.74) is 6.41. The molecule has 4 heteroatoms. The van der Waals surface area contributed by atoms with Crippen LogP contribution in [-0.2, 0) is 4.57 Å². The maximum Gasteiger partial charge on any atom is 0.171 e. The first-order chi connectivity index (χ1) is 24.2. The Morgan fingerprint density at radius 1 is 0.469 bits per heavy atom. The average Bonchev–Trinajstić information content (AvgIpc) is 3.59. The van der Waals surface area contributed by atoms with Crippen molar-refractivity contribution >= 4 is 66.2 Å². The molecule has 0 radical (unpaired) electrons. The number of para-hydroxylation sites is 1. The van der Waals surface area contributed by atoms with E-state index in [4.69, 9.17) is 4.98 Å². The van der Waals surface area contributed by atoms with Gasteiger partial charge in [-0.25, -0.2) is 4.98 Å². The Kier molecular flexibility index (Phi) is 7.31. The van der Waals surface area contributed by atoms with E-state index < -0.39 is 7.14 Å². The van der Waals surface area contributed by atoms with Gasteiger partial charge in [0.05, 0.1) is 11.2 Å². The fourth-order valence-electron chi connectivity index (χ4n) is 6.96. The molecule has 232 valence electrons. The van der Waals surface area contributed by atoms with E-state index in [2.05, 4.69) is 115 Å². The molecule has 0 bridgehead atoms. The number of thiophene rings is 1. The van der Waals surface area contributed by atoms with Crippen molar-refractivity contribution in [3.63, 3.8) is 0 Å². The summed E-state index contributed by atoms with van der Waals surface area (Å²) in [5, 5.41) is 7.17. The molecule has 9 rings (SSSR count). The quantitative estimate of drug-likeness (QED) is 0.166. The van der Waals surface area contributed by atoms with Crippen molar-refractivity contribution in [2.75, 3.05) is 0 Å². The molecule has 0 atom stereocenters. The van der Waals surface area contributed by atoms with Crippen LogP contribution in [0.2, 0.25) is 0 Å². The van der Waals surface area contributed by atoms with E-state index in [0.29, 0.717) is 0 Å². The van der Waals surface area contributed by atoms with Gasteiger partial charge in [-0.2, -0.15) is 0 Å². The highest BCUT2D eigenvalue weighted by Gasteiger charge is 2.30. The molecular formula is C45H30NOPS. The first-order valence-electron chi connectivity index (χ1n) is 16.4. The fourth-order valence-corrected chi connectivity index (χ4v) is 11.0. The fraction of sp³-hybridized carbons (Fsp3) is 0. The Bertz CT molecular complexity index is 2620. The molecule has 0 spiro atoms. The van der Waals surface area contributed by atoms with Crippen molar-refractivity contribution in [3.8, 4) is 32.8 Å². The molecule has 0 aliphatic carbocycles. The molecule has 0 saturated heterocycles. The highest BCUT2D eigenvalue weighted by atomic mass is 32.1. The summed E-state index contributed by atoms with van der Waals surface area (Å²) in [6.45, 7) is 0. The first kappa shape index (κ1) is 29.5. The molecule has 2 nitrogen and oxygen atoms in total. The van der Waals surface area contributed by atoms with Crippen LogP contribution in [0.4, 0.5) is 0 Å². The highest BCUT2D eigenvalue weighted by Crippen LogP contribution is 2.51. The van der Waals surface area contributed by atoms with Crippen molar-refractivity contribution < 1.29 is 4.57 Å². The third-order valence-electron chi connectivity index (χ3n) is 9.34. The van der Waals surface area contributed by atoms with Crippen molar-refractivity contribution in [1.29, 1.82) is 0 Å². The molecule has 0 amide bonds. The van der Waals surface area contributed by atoms with Crippen LogP contribution in [0.5, 0.6) is 0 Å². The first-order valence-corrected chi connectivity index (χ1v) is 18.9. The molecule has 9 aromatic rings. The van der Waals surface area contributed by atoms with Gasteiger partial charge in [0.2, 0.25) is 0 Å². The molecule has 2 heterocycles. The Morgan fingerprint density at radius 2 is 1.02 bits per heavy atom. The number of hydrogen-bond donors (Lipinski definition) is 0. The zero-order valence-corrected chi connectivity index (χ0v) is 28.2. The van der Waals surface area contributed by atoms with Gasteiger partial charge in [-0.15, -0.1) is 11.3 Å². The van der Waals surface area contributed by atoms with Crippen molar-refractivity contribution in [2.24, 2.45) is 0 Å². The highest BCUT2D eigenvalue weighted by molar-refractivity contribution is 7.85. The number of aromatic nitrogens is 1. The minimum absolute atomic E-state index is 0.812. The Morgan fingerprint density at radius 3 is 1.71 bits per heavy atom. The number of pyridine rings is 1. The van der Waals surface area contributed by atoms with Crippen molar-refractivity contribution in [1.82, 2.24) is 4.98 Å². The van der Waals surface area contributed by atoms with Gasteiger partial charge in [-0.1, -0.05) is 170 Å². The van der Waals surface area contributed by atoms with E-state index in [1.807, 2.05) is 78.1 Å². The van der Waals surface area contributed by atoms with E-state index in [-0.39, 0.29) is 0 Å². The summed E-state index contributed by atoms with van der Waals surface area (Å²) >= 11 is 1.83. The van der Waals surface area contributed by atoms with E-state index in [9.17, 15) is 0 Å². The largest absolute Gasteiger partial charge is 0.309 e. The molecule has 2 aromatic heterocycles. The lowest BCUT2D eigenvalue weighted by Crippen LogP contribution is -2.24. The van der Waals surface area contributed by atoms with Gasteiger partial charge in [0.1, 0.15) is 0 Å². The average molecular weight is 664 g/mol. The predicted octanol–water partition coefficient (Wildman–Crippen LogP) is 11.2. The number of nitrogens with zero attached hydrogens (tertiary/aromatic N) is 1. The third kappa shape index (κ3) is 5.02. The van der Waals surface area contributed by atoms with Crippen LogP contribution in [0, 0.1) is 0 Å². The van der Waals surface area contributed by atoms with E-state index in [0.717, 1.165) is 54.6 Å². The van der Waals surface area contributed by atoms with E-state index in [1.165, 1.54) is 25.9 Å². The van der Waals surface area contributed by atoms with Crippen LogP contribution < -0.4 is 15.9 Å². The molecule has 0 aliphatic heterocycles. The standard InChI is InChI=1S/C45H30NOPS/c47-48(36-18-6-2-7-19-36,37-20-8-3-9-21-37)38-28-26-32(27-29-38)41-42-43(33-15-4-1-5-16-33)46-40-23-13-12-22-39(40)45(42)49-44(41)35-25-24-31-14-10-11-17-34(31)30-35/h1-30H. The SMILES string of the molecule is O=P(c1ccccc1)(c1ccccc1)c1ccc(-c2c(-c3ccc4ccccc4c3)sc3c2c(-c2ccccc2)nc2ccccc23)cc1. The van der Waals surface area contributed by atoms with E-state index in [1.54, 1.807) is 0 Å². The van der Waals surface area contributed by atoms with Crippen LogP contribution in [0.3, 0.4) is 0 Å². The Hall–Kier alpha value is -5.60. The minimum atomic E-state index is -3.12. The molecule has 0 fully saturated rings. The Labute approximate surface area is 289 Å². The molecule has 0 aliphatic rings. The lowest BCUT2D eigenvalue weighted by molar-refractivity contribution is 0.592. The van der Waals surface area contributed by atoms with Crippen molar-refractivity contribution in [3.05, 3.63) is 182 Å². The van der Waals surface area contributed by atoms with Crippen LogP contribution >= 0.6 is 18.5 Å². The molecule has 0 saturated carbocycles. The maximum atomic E-state index is 15.2. The monoisotopic (exact) mass is 663 g/mol. The summed E-state index contributed by atoms with van der Waals surface area (Å²) in [7, 11) is -3.12. The van der Waals surface area contributed by atoms with Gasteiger partial charge in [0, 0.05) is 47.4 Å². The molecule has 49 heavy (non-hydrogen) atoms. The van der Waals surface area contributed by atoms with Gasteiger partial charge in [-0.05, 0) is 34.0 Å². The summed E-state index contributed by atoms with van der Waals surface area (Å²) in [5.74, 6) is 0. The van der Waals surface area contributed by atoms with Gasteiger partial charge in [0.15, 0.2) is 7.14 Å². The number of fused-ring (bicyclic) bond motifs is 4. The predicted molar refractivity (Wildman–Crippen MR) is 210 cm³/mol. The zero-order chi connectivity index (χ0) is 32.8.